The van der Waals surface area contributed by atoms with Crippen molar-refractivity contribution in [3.05, 3.63) is 194 Å². The quantitative estimate of drug-likeness (QED) is 0.0199. The van der Waals surface area contributed by atoms with E-state index in [2.05, 4.69) is 154 Å². The summed E-state index contributed by atoms with van der Waals surface area (Å²) < 4.78 is 16.6. The molecule has 0 saturated carbocycles. The first-order valence-electron chi connectivity index (χ1n) is 26.0. The van der Waals surface area contributed by atoms with E-state index in [0.29, 0.717) is 19.3 Å². The summed E-state index contributed by atoms with van der Waals surface area (Å²) in [4.78, 5) is 38.0. The first-order valence-corrected chi connectivity index (χ1v) is 26.0. The van der Waals surface area contributed by atoms with Gasteiger partial charge < -0.3 is 14.2 Å². The van der Waals surface area contributed by atoms with Crippen LogP contribution in [-0.4, -0.2) is 37.2 Å². The van der Waals surface area contributed by atoms with Crippen LogP contribution in [0.4, 0.5) is 0 Å². The van der Waals surface area contributed by atoms with Gasteiger partial charge in [-0.1, -0.05) is 222 Å². The van der Waals surface area contributed by atoms with Crippen molar-refractivity contribution in [2.45, 2.75) is 168 Å². The van der Waals surface area contributed by atoms with Crippen LogP contribution in [0.2, 0.25) is 0 Å². The molecule has 0 aromatic rings. The fourth-order valence-electron chi connectivity index (χ4n) is 5.91. The van der Waals surface area contributed by atoms with Crippen molar-refractivity contribution < 1.29 is 28.6 Å². The van der Waals surface area contributed by atoms with Gasteiger partial charge in [-0.25, -0.2) is 0 Å². The smallest absolute Gasteiger partial charge is 0.306 e. The van der Waals surface area contributed by atoms with Crippen LogP contribution in [0.25, 0.3) is 0 Å². The SMILES string of the molecule is CC/C=C/C=C/C=C/C=C/CCCCCC(=O)OCC(COC(=O)CC/C=C/C/C=C/C/C=C/C/C=C/C/C=C/C/C=C/CC)OC(=O)CC/C=C/C/C=C/C/C=C/C/C=C/C/C=C/C/C=C/CC. The van der Waals surface area contributed by atoms with E-state index in [-0.39, 0.29) is 38.4 Å². The molecular formula is C63H90O6. The molecule has 69 heavy (non-hydrogen) atoms. The van der Waals surface area contributed by atoms with Gasteiger partial charge in [0.1, 0.15) is 13.2 Å². The number of esters is 3. The predicted octanol–water partition coefficient (Wildman–Crippen LogP) is 17.5. The molecule has 0 aromatic carbocycles. The van der Waals surface area contributed by atoms with E-state index in [1.165, 1.54) is 0 Å². The molecule has 0 aliphatic carbocycles. The fraction of sp³-hybridized carbons (Fsp3) is 0.444. The number of unbranched alkanes of at least 4 members (excludes halogenated alkanes) is 3. The number of rotatable bonds is 43. The molecule has 0 N–H and O–H groups in total. The van der Waals surface area contributed by atoms with Gasteiger partial charge in [0.15, 0.2) is 6.10 Å². The average Bonchev–Trinajstić information content (AvgIpc) is 3.35. The van der Waals surface area contributed by atoms with Gasteiger partial charge in [-0.2, -0.15) is 0 Å². The van der Waals surface area contributed by atoms with Crippen LogP contribution in [0.15, 0.2) is 194 Å². The number of allylic oxidation sites excluding steroid dienone is 32. The van der Waals surface area contributed by atoms with Crippen LogP contribution in [-0.2, 0) is 28.6 Å². The first-order chi connectivity index (χ1) is 34.0. The van der Waals surface area contributed by atoms with Gasteiger partial charge in [-0.05, 0) is 116 Å². The largest absolute Gasteiger partial charge is 0.462 e. The second-order valence-electron chi connectivity index (χ2n) is 16.0. The highest BCUT2D eigenvalue weighted by Gasteiger charge is 2.19. The first kappa shape index (κ1) is 63.2. The van der Waals surface area contributed by atoms with Gasteiger partial charge in [0.25, 0.3) is 0 Å². The molecule has 6 heteroatoms. The summed E-state index contributed by atoms with van der Waals surface area (Å²) in [6.45, 7) is 6.06. The van der Waals surface area contributed by atoms with Gasteiger partial charge in [0.2, 0.25) is 0 Å². The molecule has 0 aliphatic rings. The Labute approximate surface area is 420 Å². The Morgan fingerprint density at radius 1 is 0.304 bits per heavy atom. The molecular weight excluding hydrogens is 853 g/mol. The second kappa shape index (κ2) is 54.9. The predicted molar refractivity (Wildman–Crippen MR) is 297 cm³/mol. The van der Waals surface area contributed by atoms with Crippen LogP contribution >= 0.6 is 0 Å². The van der Waals surface area contributed by atoms with Crippen LogP contribution in [0.3, 0.4) is 0 Å². The Hall–Kier alpha value is -5.75. The van der Waals surface area contributed by atoms with Gasteiger partial charge >= 0.3 is 17.9 Å². The number of hydrogen-bond donors (Lipinski definition) is 0. The van der Waals surface area contributed by atoms with Crippen molar-refractivity contribution in [2.75, 3.05) is 13.2 Å². The minimum absolute atomic E-state index is 0.164. The van der Waals surface area contributed by atoms with Crippen molar-refractivity contribution in [3.63, 3.8) is 0 Å². The summed E-state index contributed by atoms with van der Waals surface area (Å²) in [6.07, 6.45) is 84.4. The van der Waals surface area contributed by atoms with E-state index in [1.807, 2.05) is 60.8 Å². The monoisotopic (exact) mass is 943 g/mol. The minimum atomic E-state index is -0.878. The molecule has 6 nitrogen and oxygen atoms in total. The highest BCUT2D eigenvalue weighted by Crippen LogP contribution is 2.09. The van der Waals surface area contributed by atoms with Crippen molar-refractivity contribution in [1.82, 2.24) is 0 Å². The van der Waals surface area contributed by atoms with Gasteiger partial charge in [0, 0.05) is 19.3 Å². The lowest BCUT2D eigenvalue weighted by atomic mass is 10.1. The summed E-state index contributed by atoms with van der Waals surface area (Å²) in [7, 11) is 0. The summed E-state index contributed by atoms with van der Waals surface area (Å²) in [6, 6.07) is 0. The molecule has 0 aromatic heterocycles. The number of hydrogen-bond acceptors (Lipinski definition) is 6. The van der Waals surface area contributed by atoms with Crippen LogP contribution in [0, 0.1) is 0 Å². The normalized spacial score (nSPS) is 13.7. The molecule has 0 fully saturated rings. The standard InChI is InChI=1S/C63H90O6/c1-4-7-10-13-16-19-22-25-27-29-31-33-35-38-41-44-47-50-53-56-62(65)68-59-60(58-67-61(64)55-52-49-46-43-40-37-24-21-18-15-12-9-6-3)69-63(66)57-54-51-48-45-42-39-36-34-32-30-28-26-23-20-17-14-11-8-5-2/h7-12,15-21,24-28,31-34,37-42,47-48,50-51,60H,4-6,13-14,22-23,29-30,35-36,43-46,49,52-59H2,1-3H3/b10-7+,11-8+,12-9+,18-15+,19-16+,20-17+,24-21+,27-25+,28-26+,33-31+,34-32+,40-37+,41-38+,42-39+,50-47+,51-48+. The molecule has 0 spiro atoms. The maximum absolute atomic E-state index is 12.8. The summed E-state index contributed by atoms with van der Waals surface area (Å²) in [5, 5.41) is 0. The second-order valence-corrected chi connectivity index (χ2v) is 16.0. The topological polar surface area (TPSA) is 78.9 Å². The van der Waals surface area contributed by atoms with Gasteiger partial charge in [-0.3, -0.25) is 14.4 Å². The highest BCUT2D eigenvalue weighted by atomic mass is 16.6. The third-order valence-corrected chi connectivity index (χ3v) is 9.70. The van der Waals surface area contributed by atoms with Crippen LogP contribution < -0.4 is 0 Å². The molecule has 0 heterocycles. The Bertz CT molecular complexity index is 1750. The minimum Gasteiger partial charge on any atom is -0.462 e. The molecule has 378 valence electrons. The van der Waals surface area contributed by atoms with Crippen molar-refractivity contribution in [3.8, 4) is 0 Å². The molecule has 0 amide bonds. The fourth-order valence-corrected chi connectivity index (χ4v) is 5.91. The lowest BCUT2D eigenvalue weighted by molar-refractivity contribution is -0.166. The van der Waals surface area contributed by atoms with E-state index in [4.69, 9.17) is 14.2 Å². The Morgan fingerprint density at radius 3 is 1.01 bits per heavy atom. The summed E-state index contributed by atoms with van der Waals surface area (Å²) in [5.41, 5.74) is 0. The number of carbonyl (C=O) groups is 3. The molecule has 0 aliphatic heterocycles. The zero-order valence-corrected chi connectivity index (χ0v) is 43.0. The molecule has 0 radical (unpaired) electrons. The van der Waals surface area contributed by atoms with Gasteiger partial charge in [0.05, 0.1) is 0 Å². The third-order valence-electron chi connectivity index (χ3n) is 9.70. The zero-order chi connectivity index (χ0) is 50.0. The molecule has 1 unspecified atom stereocenters. The van der Waals surface area contributed by atoms with Crippen molar-refractivity contribution in [2.24, 2.45) is 0 Å². The number of ether oxygens (including phenoxy) is 3. The molecule has 1 atom stereocenters. The number of carbonyl (C=O) groups excluding carboxylic acids is 3. The zero-order valence-electron chi connectivity index (χ0n) is 43.0. The average molecular weight is 943 g/mol. The molecule has 0 bridgehead atoms. The maximum atomic E-state index is 12.8. The van der Waals surface area contributed by atoms with E-state index >= 15 is 0 Å². The molecule has 0 rings (SSSR count). The highest BCUT2D eigenvalue weighted by molar-refractivity contribution is 5.71. The van der Waals surface area contributed by atoms with Gasteiger partial charge in [-0.15, -0.1) is 0 Å². The summed E-state index contributed by atoms with van der Waals surface area (Å²) >= 11 is 0. The Balaban J connectivity index is 4.72. The lowest BCUT2D eigenvalue weighted by Gasteiger charge is -2.18. The van der Waals surface area contributed by atoms with E-state index < -0.39 is 18.0 Å². The lowest BCUT2D eigenvalue weighted by Crippen LogP contribution is -2.30. The van der Waals surface area contributed by atoms with E-state index in [0.717, 1.165) is 103 Å². The Morgan fingerprint density at radius 2 is 0.623 bits per heavy atom. The van der Waals surface area contributed by atoms with E-state index in [1.54, 1.807) is 0 Å². The molecule has 0 saturated heterocycles. The maximum Gasteiger partial charge on any atom is 0.306 e. The summed E-state index contributed by atoms with van der Waals surface area (Å²) in [5.74, 6) is -1.19. The van der Waals surface area contributed by atoms with Crippen molar-refractivity contribution >= 4 is 17.9 Å². The van der Waals surface area contributed by atoms with Crippen LogP contribution in [0.1, 0.15) is 162 Å². The third kappa shape index (κ3) is 53.1. The van der Waals surface area contributed by atoms with E-state index in [9.17, 15) is 14.4 Å². The van der Waals surface area contributed by atoms with Crippen LogP contribution in [0.5, 0.6) is 0 Å². The Kier molecular flexibility index (Phi) is 50.3. The van der Waals surface area contributed by atoms with Crippen molar-refractivity contribution in [1.29, 1.82) is 0 Å².